The van der Waals surface area contributed by atoms with Crippen LogP contribution in [0.1, 0.15) is 45.4 Å². The van der Waals surface area contributed by atoms with Gasteiger partial charge in [-0.2, -0.15) is 0 Å². The summed E-state index contributed by atoms with van der Waals surface area (Å²) in [5.74, 6) is 1.04. The summed E-state index contributed by atoms with van der Waals surface area (Å²) in [6, 6.07) is 0. The molecule has 2 N–H and O–H groups in total. The van der Waals surface area contributed by atoms with Gasteiger partial charge in [0, 0.05) is 6.54 Å². The van der Waals surface area contributed by atoms with Crippen LogP contribution in [0.2, 0.25) is 0 Å². The van der Waals surface area contributed by atoms with Crippen molar-refractivity contribution in [3.63, 3.8) is 0 Å². The monoisotopic (exact) mass is 167 g/mol. The second-order valence-electron chi connectivity index (χ2n) is 3.79. The minimum atomic E-state index is 0.716. The van der Waals surface area contributed by atoms with Gasteiger partial charge in [0.05, 0.1) is 0 Å². The van der Waals surface area contributed by atoms with Gasteiger partial charge < -0.3 is 5.73 Å². The molecule has 1 fully saturated rings. The van der Waals surface area contributed by atoms with Gasteiger partial charge in [0.1, 0.15) is 0 Å². The molecule has 0 amide bonds. The summed E-state index contributed by atoms with van der Waals surface area (Å²) in [6.07, 6.45) is 10.5. The Balaban J connectivity index is 2.13. The Kier molecular flexibility index (Phi) is 4.37. The first kappa shape index (κ1) is 9.79. The molecule has 70 valence electrons. The molecule has 1 rings (SSSR count). The van der Waals surface area contributed by atoms with Gasteiger partial charge in [-0.1, -0.05) is 37.8 Å². The zero-order chi connectivity index (χ0) is 8.81. The van der Waals surface area contributed by atoms with Crippen molar-refractivity contribution in [2.24, 2.45) is 11.7 Å². The van der Waals surface area contributed by atoms with Crippen molar-refractivity contribution in [2.45, 2.75) is 45.4 Å². The van der Waals surface area contributed by atoms with E-state index in [1.165, 1.54) is 38.5 Å². The lowest BCUT2D eigenvalue weighted by molar-refractivity contribution is 0.295. The van der Waals surface area contributed by atoms with E-state index in [1.807, 2.05) is 0 Å². The Bertz CT molecular complexity index is 145. The van der Waals surface area contributed by atoms with Gasteiger partial charge in [-0.05, 0) is 25.2 Å². The van der Waals surface area contributed by atoms with Crippen molar-refractivity contribution in [1.29, 1.82) is 0 Å². The SMILES string of the molecule is CC/C(=C/CN)CCC1CCC1. The highest BCUT2D eigenvalue weighted by atomic mass is 14.5. The Morgan fingerprint density at radius 1 is 1.50 bits per heavy atom. The maximum Gasteiger partial charge on any atom is 0.0109 e. The largest absolute Gasteiger partial charge is 0.327 e. The molecule has 0 saturated heterocycles. The van der Waals surface area contributed by atoms with E-state index in [4.69, 9.17) is 5.73 Å². The van der Waals surface area contributed by atoms with Crippen LogP contribution in [-0.2, 0) is 0 Å². The lowest BCUT2D eigenvalue weighted by atomic mass is 9.81. The molecule has 1 saturated carbocycles. The fraction of sp³-hybridized carbons (Fsp3) is 0.818. The number of hydrogen-bond donors (Lipinski definition) is 1. The van der Waals surface area contributed by atoms with E-state index in [-0.39, 0.29) is 0 Å². The maximum absolute atomic E-state index is 5.48. The molecule has 0 unspecified atom stereocenters. The van der Waals surface area contributed by atoms with Crippen LogP contribution in [0.5, 0.6) is 0 Å². The fourth-order valence-corrected chi connectivity index (χ4v) is 1.76. The zero-order valence-electron chi connectivity index (χ0n) is 8.18. The summed E-state index contributed by atoms with van der Waals surface area (Å²) >= 11 is 0. The average molecular weight is 167 g/mol. The second kappa shape index (κ2) is 5.36. The van der Waals surface area contributed by atoms with E-state index < -0.39 is 0 Å². The molecule has 0 atom stereocenters. The molecule has 1 nitrogen and oxygen atoms in total. The van der Waals surface area contributed by atoms with Crippen molar-refractivity contribution in [3.8, 4) is 0 Å². The van der Waals surface area contributed by atoms with Crippen molar-refractivity contribution >= 4 is 0 Å². The Morgan fingerprint density at radius 2 is 2.25 bits per heavy atom. The predicted molar refractivity (Wildman–Crippen MR) is 54.0 cm³/mol. The average Bonchev–Trinajstić information content (AvgIpc) is 2.00. The van der Waals surface area contributed by atoms with Crippen molar-refractivity contribution in [1.82, 2.24) is 0 Å². The van der Waals surface area contributed by atoms with Crippen LogP contribution in [0.25, 0.3) is 0 Å². The molecular formula is C11H21N. The van der Waals surface area contributed by atoms with Crippen LogP contribution in [-0.4, -0.2) is 6.54 Å². The van der Waals surface area contributed by atoms with Crippen LogP contribution in [0, 0.1) is 5.92 Å². The Hall–Kier alpha value is -0.300. The third-order valence-electron chi connectivity index (χ3n) is 2.96. The molecule has 1 aliphatic carbocycles. The molecular weight excluding hydrogens is 146 g/mol. The molecule has 0 aromatic rings. The molecule has 0 radical (unpaired) electrons. The van der Waals surface area contributed by atoms with Gasteiger partial charge in [-0.25, -0.2) is 0 Å². The highest BCUT2D eigenvalue weighted by molar-refractivity contribution is 5.02. The topological polar surface area (TPSA) is 26.0 Å². The Labute approximate surface area is 76.0 Å². The summed E-state index contributed by atoms with van der Waals surface area (Å²) in [5.41, 5.74) is 7.04. The van der Waals surface area contributed by atoms with Gasteiger partial charge in [0.2, 0.25) is 0 Å². The minimum Gasteiger partial charge on any atom is -0.327 e. The summed E-state index contributed by atoms with van der Waals surface area (Å²) in [7, 11) is 0. The standard InChI is InChI=1S/C11H21N/c1-2-10(8-9-12)6-7-11-4-3-5-11/h8,11H,2-7,9,12H2,1H3/b10-8-. The number of nitrogens with two attached hydrogens (primary N) is 1. The minimum absolute atomic E-state index is 0.716. The van der Waals surface area contributed by atoms with Crippen LogP contribution in [0.4, 0.5) is 0 Å². The zero-order valence-corrected chi connectivity index (χ0v) is 8.18. The lowest BCUT2D eigenvalue weighted by Crippen LogP contribution is -2.10. The van der Waals surface area contributed by atoms with Gasteiger partial charge in [-0.15, -0.1) is 0 Å². The van der Waals surface area contributed by atoms with Gasteiger partial charge in [0.15, 0.2) is 0 Å². The first-order valence-corrected chi connectivity index (χ1v) is 5.24. The van der Waals surface area contributed by atoms with Gasteiger partial charge >= 0.3 is 0 Å². The molecule has 0 heterocycles. The molecule has 0 spiro atoms. The highest BCUT2D eigenvalue weighted by Gasteiger charge is 2.16. The molecule has 0 aromatic heterocycles. The molecule has 1 aliphatic rings. The molecule has 0 aromatic carbocycles. The molecule has 12 heavy (non-hydrogen) atoms. The molecule has 0 bridgehead atoms. The van der Waals surface area contributed by atoms with Crippen LogP contribution >= 0.6 is 0 Å². The molecule has 0 aliphatic heterocycles. The summed E-state index contributed by atoms with van der Waals surface area (Å²) < 4.78 is 0. The summed E-state index contributed by atoms with van der Waals surface area (Å²) in [6.45, 7) is 2.94. The molecule has 1 heteroatoms. The van der Waals surface area contributed by atoms with Crippen molar-refractivity contribution in [2.75, 3.05) is 6.54 Å². The van der Waals surface area contributed by atoms with E-state index in [1.54, 1.807) is 5.57 Å². The number of allylic oxidation sites excluding steroid dienone is 1. The van der Waals surface area contributed by atoms with E-state index in [0.29, 0.717) is 6.54 Å². The van der Waals surface area contributed by atoms with Crippen LogP contribution in [0.15, 0.2) is 11.6 Å². The van der Waals surface area contributed by atoms with E-state index in [0.717, 1.165) is 5.92 Å². The predicted octanol–water partition coefficient (Wildman–Crippen LogP) is 2.86. The maximum atomic E-state index is 5.48. The number of rotatable bonds is 5. The van der Waals surface area contributed by atoms with E-state index in [2.05, 4.69) is 13.0 Å². The quantitative estimate of drug-likeness (QED) is 0.626. The van der Waals surface area contributed by atoms with E-state index in [9.17, 15) is 0 Å². The first-order chi connectivity index (χ1) is 5.86. The second-order valence-corrected chi connectivity index (χ2v) is 3.79. The smallest absolute Gasteiger partial charge is 0.0109 e. The van der Waals surface area contributed by atoms with Gasteiger partial charge in [0.25, 0.3) is 0 Å². The normalized spacial score (nSPS) is 19.3. The summed E-state index contributed by atoms with van der Waals surface area (Å²) in [5, 5.41) is 0. The third-order valence-corrected chi connectivity index (χ3v) is 2.96. The lowest BCUT2D eigenvalue weighted by Gasteiger charge is -2.25. The first-order valence-electron chi connectivity index (χ1n) is 5.24. The third kappa shape index (κ3) is 2.98. The van der Waals surface area contributed by atoms with Crippen LogP contribution in [0.3, 0.4) is 0 Å². The van der Waals surface area contributed by atoms with Crippen LogP contribution < -0.4 is 5.73 Å². The number of hydrogen-bond acceptors (Lipinski definition) is 1. The van der Waals surface area contributed by atoms with E-state index >= 15 is 0 Å². The summed E-state index contributed by atoms with van der Waals surface area (Å²) in [4.78, 5) is 0. The Morgan fingerprint density at radius 3 is 2.67 bits per heavy atom. The fourth-order valence-electron chi connectivity index (χ4n) is 1.76. The van der Waals surface area contributed by atoms with Crippen molar-refractivity contribution < 1.29 is 0 Å². The van der Waals surface area contributed by atoms with Gasteiger partial charge in [-0.3, -0.25) is 0 Å². The van der Waals surface area contributed by atoms with Crippen molar-refractivity contribution in [3.05, 3.63) is 11.6 Å². The highest BCUT2D eigenvalue weighted by Crippen LogP contribution is 2.31.